The molecule has 1 N–H and O–H groups in total. The number of fused-ring (bicyclic) bond motifs is 1. The molecular formula is C24H27FN2O4S. The van der Waals surface area contributed by atoms with Gasteiger partial charge in [0.2, 0.25) is 0 Å². The zero-order valence-corrected chi connectivity index (χ0v) is 19.1. The van der Waals surface area contributed by atoms with Crippen LogP contribution in [0.1, 0.15) is 49.2 Å². The van der Waals surface area contributed by atoms with E-state index in [0.29, 0.717) is 29.3 Å². The van der Waals surface area contributed by atoms with Crippen LogP contribution in [-0.2, 0) is 17.4 Å². The predicted molar refractivity (Wildman–Crippen MR) is 123 cm³/mol. The van der Waals surface area contributed by atoms with E-state index in [2.05, 4.69) is 4.72 Å². The maximum atomic E-state index is 14.6. The summed E-state index contributed by atoms with van der Waals surface area (Å²) in [5.74, 6) is -0.711. The van der Waals surface area contributed by atoms with Crippen LogP contribution in [0, 0.1) is 5.82 Å². The van der Waals surface area contributed by atoms with Crippen LogP contribution in [0.25, 0.3) is 11.0 Å². The number of anilines is 1. The number of halogens is 1. The molecule has 1 amide bonds. The molecule has 2 aromatic carbocycles. The maximum absolute atomic E-state index is 14.6. The van der Waals surface area contributed by atoms with Crippen molar-refractivity contribution in [1.82, 2.24) is 4.72 Å². The van der Waals surface area contributed by atoms with Crippen LogP contribution in [0.2, 0.25) is 0 Å². The zero-order chi connectivity index (χ0) is 22.7. The van der Waals surface area contributed by atoms with Gasteiger partial charge in [-0.1, -0.05) is 32.4 Å². The lowest BCUT2D eigenvalue weighted by molar-refractivity contribution is 0.0958. The van der Waals surface area contributed by atoms with Gasteiger partial charge in [-0.2, -0.15) is 0 Å². The first kappa shape index (κ1) is 22.3. The van der Waals surface area contributed by atoms with Gasteiger partial charge < -0.3 is 14.1 Å². The average Bonchev–Trinajstić information content (AvgIpc) is 3.16. The van der Waals surface area contributed by atoms with Gasteiger partial charge in [0.15, 0.2) is 16.7 Å². The van der Waals surface area contributed by atoms with Crippen molar-refractivity contribution in [3.63, 3.8) is 0 Å². The lowest BCUT2D eigenvalue weighted by Gasteiger charge is -2.33. The third-order valence-electron chi connectivity index (χ3n) is 5.43. The molecule has 32 heavy (non-hydrogen) atoms. The van der Waals surface area contributed by atoms with E-state index in [1.54, 1.807) is 12.1 Å². The number of aryl methyl sites for hydroxylation is 1. The summed E-state index contributed by atoms with van der Waals surface area (Å²) in [5, 5.41) is 0.226. The highest BCUT2D eigenvalue weighted by atomic mass is 32.2. The van der Waals surface area contributed by atoms with Crippen LogP contribution in [0.5, 0.6) is 5.75 Å². The highest BCUT2D eigenvalue weighted by molar-refractivity contribution is 7.83. The summed E-state index contributed by atoms with van der Waals surface area (Å²) in [7, 11) is -1.86. The number of furan rings is 1. The quantitative estimate of drug-likeness (QED) is 0.490. The van der Waals surface area contributed by atoms with Gasteiger partial charge in [-0.05, 0) is 37.0 Å². The van der Waals surface area contributed by atoms with Crippen molar-refractivity contribution in [1.29, 1.82) is 0 Å². The molecule has 3 aromatic rings. The van der Waals surface area contributed by atoms with E-state index in [4.69, 9.17) is 9.15 Å². The molecule has 1 atom stereocenters. The van der Waals surface area contributed by atoms with Crippen molar-refractivity contribution in [2.75, 3.05) is 24.6 Å². The zero-order valence-electron chi connectivity index (χ0n) is 18.3. The smallest absolute Gasteiger partial charge is 0.298 e. The fraction of sp³-hybridized carbons (Fsp3) is 0.375. The average molecular weight is 459 g/mol. The van der Waals surface area contributed by atoms with Crippen LogP contribution in [-0.4, -0.2) is 29.8 Å². The van der Waals surface area contributed by atoms with Crippen LogP contribution in [0.15, 0.2) is 45.7 Å². The molecule has 6 nitrogen and oxygen atoms in total. The van der Waals surface area contributed by atoms with Gasteiger partial charge in [-0.3, -0.25) is 9.52 Å². The van der Waals surface area contributed by atoms with E-state index in [0.717, 1.165) is 43.6 Å². The molecule has 170 valence electrons. The molecule has 0 bridgehead atoms. The molecule has 1 aromatic heterocycles. The van der Waals surface area contributed by atoms with E-state index in [1.165, 1.54) is 12.1 Å². The normalized spacial score (nSPS) is 14.3. The summed E-state index contributed by atoms with van der Waals surface area (Å²) >= 11 is 0. The van der Waals surface area contributed by atoms with E-state index >= 15 is 0 Å². The van der Waals surface area contributed by atoms with Crippen LogP contribution >= 0.6 is 0 Å². The number of carbonyl (C=O) groups is 1. The largest absolute Gasteiger partial charge is 0.492 e. The summed E-state index contributed by atoms with van der Waals surface area (Å²) in [6.45, 7) is 6.25. The standard InChI is InChI=1S/C24H27FN2O4S/c1-3-7-16-8-5-9-20(30-12-4-2)23(16)32(29)26-24(28)22-15-18-19(25)13-17(14-21(18)31-22)27-10-6-11-27/h5,8-9,13-15H,3-4,6-7,10-12H2,1-2H3,(H,26,28). The van der Waals surface area contributed by atoms with Crippen LogP contribution < -0.4 is 14.4 Å². The minimum absolute atomic E-state index is 0.0861. The SMILES string of the molecule is CCCOc1cccc(CCC)c1S(=O)NC(=O)c1cc2c(F)cc(N3CCC3)cc2o1. The molecule has 0 radical (unpaired) electrons. The Labute approximate surface area is 189 Å². The molecule has 0 aliphatic carbocycles. The van der Waals surface area contributed by atoms with Crippen molar-refractivity contribution in [2.24, 2.45) is 0 Å². The Kier molecular flexibility index (Phi) is 6.79. The van der Waals surface area contributed by atoms with Gasteiger partial charge in [-0.25, -0.2) is 8.60 Å². The van der Waals surface area contributed by atoms with Gasteiger partial charge in [0.05, 0.1) is 12.0 Å². The van der Waals surface area contributed by atoms with Crippen molar-refractivity contribution in [2.45, 2.75) is 44.4 Å². The lowest BCUT2D eigenvalue weighted by atomic mass is 10.1. The van der Waals surface area contributed by atoms with Crippen LogP contribution in [0.4, 0.5) is 10.1 Å². The molecule has 1 unspecified atom stereocenters. The summed E-state index contributed by atoms with van der Waals surface area (Å²) in [4.78, 5) is 15.3. The summed E-state index contributed by atoms with van der Waals surface area (Å²) in [6.07, 6.45) is 3.44. The molecule has 0 saturated carbocycles. The Morgan fingerprint density at radius 2 is 2.03 bits per heavy atom. The van der Waals surface area contributed by atoms with E-state index < -0.39 is 22.7 Å². The fourth-order valence-electron chi connectivity index (χ4n) is 3.70. The number of carbonyl (C=O) groups excluding carboxylic acids is 1. The Bertz CT molecular complexity index is 1160. The minimum Gasteiger partial charge on any atom is -0.492 e. The van der Waals surface area contributed by atoms with Crippen molar-refractivity contribution < 1.29 is 22.5 Å². The molecule has 0 spiro atoms. The minimum atomic E-state index is -1.86. The molecule has 1 aliphatic rings. The molecule has 2 heterocycles. The van der Waals surface area contributed by atoms with Gasteiger partial charge in [0.1, 0.15) is 22.0 Å². The number of rotatable bonds is 9. The second-order valence-corrected chi connectivity index (χ2v) is 8.98. The Morgan fingerprint density at radius 3 is 2.72 bits per heavy atom. The number of amides is 1. The summed E-state index contributed by atoms with van der Waals surface area (Å²) < 4.78 is 41.6. The number of nitrogens with zero attached hydrogens (tertiary/aromatic N) is 1. The monoisotopic (exact) mass is 458 g/mol. The number of benzene rings is 2. The molecule has 1 saturated heterocycles. The molecule has 4 rings (SSSR count). The third kappa shape index (κ3) is 4.50. The Balaban J connectivity index is 1.59. The fourth-order valence-corrected chi connectivity index (χ4v) is 4.79. The second kappa shape index (κ2) is 9.73. The summed E-state index contributed by atoms with van der Waals surface area (Å²) in [6, 6.07) is 10.0. The molecule has 8 heteroatoms. The number of ether oxygens (including phenoxy) is 1. The van der Waals surface area contributed by atoms with Gasteiger partial charge in [-0.15, -0.1) is 0 Å². The molecular weight excluding hydrogens is 431 g/mol. The number of nitrogens with one attached hydrogen (secondary N) is 1. The highest BCUT2D eigenvalue weighted by Gasteiger charge is 2.23. The number of hydrogen-bond acceptors (Lipinski definition) is 5. The van der Waals surface area contributed by atoms with E-state index in [-0.39, 0.29) is 11.1 Å². The van der Waals surface area contributed by atoms with Crippen molar-refractivity contribution in [3.8, 4) is 5.75 Å². The summed E-state index contributed by atoms with van der Waals surface area (Å²) in [5.41, 5.74) is 1.88. The highest BCUT2D eigenvalue weighted by Crippen LogP contribution is 2.31. The van der Waals surface area contributed by atoms with E-state index in [1.807, 2.05) is 30.9 Å². The first-order chi connectivity index (χ1) is 15.5. The maximum Gasteiger partial charge on any atom is 0.298 e. The van der Waals surface area contributed by atoms with Crippen molar-refractivity contribution >= 4 is 33.5 Å². The van der Waals surface area contributed by atoms with E-state index in [9.17, 15) is 13.4 Å². The molecule has 1 aliphatic heterocycles. The topological polar surface area (TPSA) is 71.8 Å². The number of hydrogen-bond donors (Lipinski definition) is 1. The first-order valence-electron chi connectivity index (χ1n) is 11.0. The first-order valence-corrected chi connectivity index (χ1v) is 12.1. The molecule has 1 fully saturated rings. The van der Waals surface area contributed by atoms with Gasteiger partial charge in [0, 0.05) is 30.9 Å². The Morgan fingerprint density at radius 1 is 1.22 bits per heavy atom. The third-order valence-corrected chi connectivity index (χ3v) is 6.63. The lowest BCUT2D eigenvalue weighted by Crippen LogP contribution is -2.36. The van der Waals surface area contributed by atoms with Gasteiger partial charge in [0.25, 0.3) is 5.91 Å². The Hall–Kier alpha value is -2.87. The van der Waals surface area contributed by atoms with Crippen molar-refractivity contribution in [3.05, 3.63) is 53.5 Å². The van der Waals surface area contributed by atoms with Gasteiger partial charge >= 0.3 is 0 Å². The van der Waals surface area contributed by atoms with Crippen LogP contribution in [0.3, 0.4) is 0 Å². The second-order valence-electron chi connectivity index (χ2n) is 7.83. The predicted octanol–water partition coefficient (Wildman–Crippen LogP) is 4.98.